The highest BCUT2D eigenvalue weighted by Crippen LogP contribution is 2.15. The summed E-state index contributed by atoms with van der Waals surface area (Å²) in [6, 6.07) is 1.86. The number of rotatable bonds is 6. The Kier molecular flexibility index (Phi) is 4.66. The van der Waals surface area contributed by atoms with Crippen LogP contribution >= 0.6 is 0 Å². The Labute approximate surface area is 95.2 Å². The van der Waals surface area contributed by atoms with Crippen LogP contribution in [0, 0.1) is 6.92 Å². The second-order valence-electron chi connectivity index (χ2n) is 3.47. The molecule has 4 nitrogen and oxygen atoms in total. The van der Waals surface area contributed by atoms with E-state index < -0.39 is 0 Å². The van der Waals surface area contributed by atoms with Crippen LogP contribution in [0.4, 0.5) is 0 Å². The van der Waals surface area contributed by atoms with E-state index in [1.54, 1.807) is 12.3 Å². The summed E-state index contributed by atoms with van der Waals surface area (Å²) in [6.07, 6.45) is 4.19. The third-order valence-corrected chi connectivity index (χ3v) is 2.42. The second kappa shape index (κ2) is 6.02. The van der Waals surface area contributed by atoms with Crippen LogP contribution in [0.3, 0.4) is 0 Å². The highest BCUT2D eigenvalue weighted by molar-refractivity contribution is 5.54. The van der Waals surface area contributed by atoms with E-state index in [0.717, 1.165) is 23.2 Å². The van der Waals surface area contributed by atoms with Crippen LogP contribution in [-0.4, -0.2) is 34.6 Å². The van der Waals surface area contributed by atoms with E-state index in [0.29, 0.717) is 13.1 Å². The molecule has 0 radical (unpaired) electrons. The fraction of sp³-hybridized carbons (Fsp3) is 0.333. The highest BCUT2D eigenvalue weighted by atomic mass is 16.3. The highest BCUT2D eigenvalue weighted by Gasteiger charge is 2.08. The molecule has 86 valence electrons. The van der Waals surface area contributed by atoms with Crippen LogP contribution < -0.4 is 0 Å². The molecular formula is C12H16N2O2. The smallest absolute Gasteiger partial charge is 0.210 e. The van der Waals surface area contributed by atoms with Gasteiger partial charge in [0.2, 0.25) is 6.41 Å². The molecule has 1 rings (SSSR count). The van der Waals surface area contributed by atoms with Gasteiger partial charge < -0.3 is 10.0 Å². The summed E-state index contributed by atoms with van der Waals surface area (Å²) in [5.74, 6) is 0. The lowest BCUT2D eigenvalue weighted by Crippen LogP contribution is -2.25. The molecule has 0 aliphatic rings. The molecule has 4 heteroatoms. The SMILES string of the molecule is C=Cc1ccnc(C)c1CN(C=O)CCO. The van der Waals surface area contributed by atoms with Gasteiger partial charge in [-0.1, -0.05) is 12.7 Å². The number of aliphatic hydroxyl groups is 1. The molecule has 1 aromatic rings. The van der Waals surface area contributed by atoms with Gasteiger partial charge in [0.05, 0.1) is 6.61 Å². The fourth-order valence-electron chi connectivity index (χ4n) is 1.51. The van der Waals surface area contributed by atoms with E-state index in [2.05, 4.69) is 11.6 Å². The van der Waals surface area contributed by atoms with Gasteiger partial charge in [0.25, 0.3) is 0 Å². The summed E-state index contributed by atoms with van der Waals surface area (Å²) in [5.41, 5.74) is 2.82. The quantitative estimate of drug-likeness (QED) is 0.727. The van der Waals surface area contributed by atoms with Gasteiger partial charge in [0.1, 0.15) is 0 Å². The van der Waals surface area contributed by atoms with E-state index >= 15 is 0 Å². The number of aryl methyl sites for hydroxylation is 1. The van der Waals surface area contributed by atoms with Crippen LogP contribution in [0.2, 0.25) is 0 Å². The number of aliphatic hydroxyl groups excluding tert-OH is 1. The van der Waals surface area contributed by atoms with Gasteiger partial charge >= 0.3 is 0 Å². The minimum Gasteiger partial charge on any atom is -0.395 e. The van der Waals surface area contributed by atoms with Crippen LogP contribution in [0.15, 0.2) is 18.8 Å². The zero-order chi connectivity index (χ0) is 12.0. The largest absolute Gasteiger partial charge is 0.395 e. The van der Waals surface area contributed by atoms with Gasteiger partial charge in [-0.25, -0.2) is 0 Å². The molecule has 0 unspecified atom stereocenters. The summed E-state index contributed by atoms with van der Waals surface area (Å²) in [4.78, 5) is 16.5. The van der Waals surface area contributed by atoms with Crippen molar-refractivity contribution in [2.45, 2.75) is 13.5 Å². The van der Waals surface area contributed by atoms with E-state index in [4.69, 9.17) is 5.11 Å². The second-order valence-corrected chi connectivity index (χ2v) is 3.47. The van der Waals surface area contributed by atoms with E-state index in [-0.39, 0.29) is 6.61 Å². The molecule has 0 saturated heterocycles. The monoisotopic (exact) mass is 220 g/mol. The molecule has 1 amide bonds. The molecular weight excluding hydrogens is 204 g/mol. The summed E-state index contributed by atoms with van der Waals surface area (Å²) >= 11 is 0. The van der Waals surface area contributed by atoms with Gasteiger partial charge in [-0.05, 0) is 24.1 Å². The van der Waals surface area contributed by atoms with Gasteiger partial charge in [0.15, 0.2) is 0 Å². The van der Waals surface area contributed by atoms with Crippen molar-refractivity contribution in [3.8, 4) is 0 Å². The fourth-order valence-corrected chi connectivity index (χ4v) is 1.51. The molecule has 0 aliphatic carbocycles. The number of hydrogen-bond donors (Lipinski definition) is 1. The first-order valence-corrected chi connectivity index (χ1v) is 5.10. The Morgan fingerprint density at radius 2 is 2.38 bits per heavy atom. The van der Waals surface area contributed by atoms with Crippen LogP contribution in [0.5, 0.6) is 0 Å². The van der Waals surface area contributed by atoms with Crippen molar-refractivity contribution in [1.29, 1.82) is 0 Å². The summed E-state index contributed by atoms with van der Waals surface area (Å²) in [5, 5.41) is 8.81. The zero-order valence-electron chi connectivity index (χ0n) is 9.39. The third-order valence-electron chi connectivity index (χ3n) is 2.42. The number of hydrogen-bond acceptors (Lipinski definition) is 3. The molecule has 0 atom stereocenters. The molecule has 0 spiro atoms. The lowest BCUT2D eigenvalue weighted by molar-refractivity contribution is -0.119. The normalized spacial score (nSPS) is 9.88. The first-order valence-electron chi connectivity index (χ1n) is 5.10. The van der Waals surface area contributed by atoms with Crippen LogP contribution in [-0.2, 0) is 11.3 Å². The van der Waals surface area contributed by atoms with E-state index in [1.165, 1.54) is 4.90 Å². The molecule has 1 N–H and O–H groups in total. The molecule has 0 bridgehead atoms. The minimum atomic E-state index is -0.0402. The zero-order valence-corrected chi connectivity index (χ0v) is 9.39. The summed E-state index contributed by atoms with van der Waals surface area (Å²) in [6.45, 7) is 6.36. The van der Waals surface area contributed by atoms with Gasteiger partial charge in [0, 0.05) is 25.0 Å². The molecule has 0 fully saturated rings. The predicted octanol–water partition coefficient (Wildman–Crippen LogP) is 0.984. The van der Waals surface area contributed by atoms with Crippen molar-refractivity contribution in [2.24, 2.45) is 0 Å². The first-order chi connectivity index (χ1) is 7.72. The Morgan fingerprint density at radius 3 is 2.94 bits per heavy atom. The molecule has 0 aliphatic heterocycles. The maximum atomic E-state index is 10.8. The number of pyridine rings is 1. The predicted molar refractivity (Wildman–Crippen MR) is 62.6 cm³/mol. The number of carbonyl (C=O) groups is 1. The lowest BCUT2D eigenvalue weighted by atomic mass is 10.1. The molecule has 1 aromatic heterocycles. The Morgan fingerprint density at radius 1 is 1.62 bits per heavy atom. The number of aromatic nitrogens is 1. The topological polar surface area (TPSA) is 53.4 Å². The first kappa shape index (κ1) is 12.4. The number of carbonyl (C=O) groups excluding carboxylic acids is 1. The van der Waals surface area contributed by atoms with Crippen LogP contribution in [0.25, 0.3) is 6.08 Å². The minimum absolute atomic E-state index is 0.0402. The average Bonchev–Trinajstić information content (AvgIpc) is 2.30. The van der Waals surface area contributed by atoms with Gasteiger partial charge in [-0.15, -0.1) is 0 Å². The average molecular weight is 220 g/mol. The number of amides is 1. The van der Waals surface area contributed by atoms with Gasteiger partial charge in [-0.3, -0.25) is 9.78 Å². The maximum Gasteiger partial charge on any atom is 0.210 e. The van der Waals surface area contributed by atoms with Crippen LogP contribution in [0.1, 0.15) is 16.8 Å². The standard InChI is InChI=1S/C12H16N2O2/c1-3-11-4-5-13-10(2)12(11)8-14(9-16)6-7-15/h3-5,9,15H,1,6-8H2,2H3. The van der Waals surface area contributed by atoms with Crippen molar-refractivity contribution >= 4 is 12.5 Å². The Hall–Kier alpha value is -1.68. The Balaban J connectivity index is 2.93. The lowest BCUT2D eigenvalue weighted by Gasteiger charge is -2.18. The van der Waals surface area contributed by atoms with Crippen molar-refractivity contribution in [3.63, 3.8) is 0 Å². The molecule has 0 saturated carbocycles. The van der Waals surface area contributed by atoms with Crippen molar-refractivity contribution in [2.75, 3.05) is 13.2 Å². The van der Waals surface area contributed by atoms with E-state index in [1.807, 2.05) is 13.0 Å². The van der Waals surface area contributed by atoms with Crippen molar-refractivity contribution in [3.05, 3.63) is 35.7 Å². The van der Waals surface area contributed by atoms with Gasteiger partial charge in [-0.2, -0.15) is 0 Å². The summed E-state index contributed by atoms with van der Waals surface area (Å²) < 4.78 is 0. The number of nitrogens with zero attached hydrogens (tertiary/aromatic N) is 2. The van der Waals surface area contributed by atoms with Crippen molar-refractivity contribution in [1.82, 2.24) is 9.88 Å². The third kappa shape index (κ3) is 2.90. The van der Waals surface area contributed by atoms with E-state index in [9.17, 15) is 4.79 Å². The van der Waals surface area contributed by atoms with Crippen molar-refractivity contribution < 1.29 is 9.90 Å². The molecule has 1 heterocycles. The Bertz CT molecular complexity index is 377. The molecule has 0 aromatic carbocycles. The maximum absolute atomic E-state index is 10.8. The molecule has 16 heavy (non-hydrogen) atoms. The summed E-state index contributed by atoms with van der Waals surface area (Å²) in [7, 11) is 0.